The third kappa shape index (κ3) is 6.60. The molecule has 0 aromatic heterocycles. The molecule has 0 bridgehead atoms. The fraction of sp³-hybridized carbons (Fsp3) is 0.417. The maximum atomic E-state index is 12.1. The van der Waals surface area contributed by atoms with E-state index in [9.17, 15) is 18.0 Å². The minimum atomic E-state index is -4.05. The third-order valence-electron chi connectivity index (χ3n) is 3.12. The Balaban J connectivity index is 2.14. The second-order valence-corrected chi connectivity index (χ2v) is 10.00. The Kier molecular flexibility index (Phi) is 7.11. The van der Waals surface area contributed by atoms with Crippen molar-refractivity contribution in [1.29, 1.82) is 0 Å². The average molecular weight is 469 g/mol. The molecule has 14 nitrogen and oxygen atoms in total. The fourth-order valence-electron chi connectivity index (χ4n) is 2.03. The van der Waals surface area contributed by atoms with E-state index in [0.717, 1.165) is 0 Å². The van der Waals surface area contributed by atoms with Crippen molar-refractivity contribution >= 4 is 61.5 Å². The molecule has 0 aromatic rings. The molecule has 1 fully saturated rings. The molecule has 1 spiro atoms. The van der Waals surface area contributed by atoms with E-state index in [1.807, 2.05) is 0 Å². The van der Waals surface area contributed by atoms with Crippen LogP contribution in [-0.2, 0) is 28.2 Å². The largest absolute Gasteiger partial charge is 0.386 e. The molecule has 162 valence electrons. The SMILES string of the molecule is NC(N)=NC1=NC(CSCC/C(N)=N/S(N)(=O)=O)=CS12OC(=O)CC(N)C(=O)O2. The Morgan fingerprint density at radius 1 is 1.31 bits per heavy atom. The van der Waals surface area contributed by atoms with Crippen molar-refractivity contribution in [1.82, 2.24) is 0 Å². The van der Waals surface area contributed by atoms with Crippen molar-refractivity contribution in [3.8, 4) is 0 Å². The number of thioether (sulfide) groups is 1. The van der Waals surface area contributed by atoms with Gasteiger partial charge in [-0.15, -0.1) is 4.40 Å². The van der Waals surface area contributed by atoms with Gasteiger partial charge in [0, 0.05) is 17.9 Å². The first kappa shape index (κ1) is 22.9. The van der Waals surface area contributed by atoms with Crippen LogP contribution >= 0.6 is 22.4 Å². The van der Waals surface area contributed by atoms with Gasteiger partial charge in [0.25, 0.3) is 5.17 Å². The summed E-state index contributed by atoms with van der Waals surface area (Å²) in [6, 6.07) is -1.18. The molecule has 2 aliphatic heterocycles. The van der Waals surface area contributed by atoms with Gasteiger partial charge in [0.2, 0.25) is 0 Å². The Labute approximate surface area is 171 Å². The topological polar surface area (TPSA) is 254 Å². The summed E-state index contributed by atoms with van der Waals surface area (Å²) >= 11 is 1.31. The van der Waals surface area contributed by atoms with Gasteiger partial charge in [0.1, 0.15) is 11.9 Å². The lowest BCUT2D eigenvalue weighted by atomic mass is 10.2. The normalized spacial score (nSPS) is 27.2. The number of carbonyl (C=O) groups is 2. The third-order valence-corrected chi connectivity index (χ3v) is 6.72. The number of nitrogens with two attached hydrogens (primary N) is 5. The van der Waals surface area contributed by atoms with E-state index in [0.29, 0.717) is 11.4 Å². The number of hydrogen-bond donors (Lipinski definition) is 5. The van der Waals surface area contributed by atoms with Gasteiger partial charge in [0.05, 0.1) is 17.5 Å². The molecule has 0 saturated carbocycles. The van der Waals surface area contributed by atoms with Crippen molar-refractivity contribution in [2.24, 2.45) is 42.5 Å². The van der Waals surface area contributed by atoms with Crippen LogP contribution < -0.4 is 28.1 Å². The number of rotatable bonds is 6. The average Bonchev–Trinajstić information content (AvgIpc) is 2.80. The summed E-state index contributed by atoms with van der Waals surface area (Å²) in [6.07, 6.45) is -0.209. The Bertz CT molecular complexity index is 926. The van der Waals surface area contributed by atoms with E-state index in [4.69, 9.17) is 36.4 Å². The van der Waals surface area contributed by atoms with Crippen LogP contribution in [0.2, 0.25) is 0 Å². The van der Waals surface area contributed by atoms with E-state index in [2.05, 4.69) is 14.4 Å². The van der Waals surface area contributed by atoms with Gasteiger partial charge >= 0.3 is 22.1 Å². The van der Waals surface area contributed by atoms with Crippen LogP contribution in [-0.4, -0.2) is 54.9 Å². The van der Waals surface area contributed by atoms with Crippen molar-refractivity contribution < 1.29 is 26.4 Å². The number of hydrogen-bond acceptors (Lipinski definition) is 10. The van der Waals surface area contributed by atoms with Crippen molar-refractivity contribution in [3.05, 3.63) is 11.1 Å². The summed E-state index contributed by atoms with van der Waals surface area (Å²) in [5, 5.41) is 5.99. The summed E-state index contributed by atoms with van der Waals surface area (Å²) in [6.45, 7) is 0. The molecule has 2 unspecified atom stereocenters. The molecule has 1 saturated heterocycles. The number of guanidine groups is 1. The number of aliphatic imine (C=N–C) groups is 2. The maximum absolute atomic E-state index is 12.1. The zero-order valence-electron chi connectivity index (χ0n) is 14.9. The van der Waals surface area contributed by atoms with Crippen molar-refractivity contribution in [2.45, 2.75) is 18.9 Å². The smallest absolute Gasteiger partial charge is 0.347 e. The fourth-order valence-corrected chi connectivity index (χ4v) is 5.48. The van der Waals surface area contributed by atoms with Crippen LogP contribution in [0.1, 0.15) is 12.8 Å². The maximum Gasteiger partial charge on any atom is 0.347 e. The van der Waals surface area contributed by atoms with Gasteiger partial charge in [0.15, 0.2) is 5.96 Å². The van der Waals surface area contributed by atoms with Gasteiger partial charge in [-0.2, -0.15) is 25.2 Å². The Morgan fingerprint density at radius 2 is 2.00 bits per heavy atom. The van der Waals surface area contributed by atoms with Crippen LogP contribution in [0.15, 0.2) is 25.5 Å². The highest BCUT2D eigenvalue weighted by Gasteiger charge is 2.43. The molecular weight excluding hydrogens is 448 g/mol. The quantitative estimate of drug-likeness (QED) is 0.156. The molecule has 2 heterocycles. The summed E-state index contributed by atoms with van der Waals surface area (Å²) < 4.78 is 35.4. The van der Waals surface area contributed by atoms with Crippen LogP contribution in [0.3, 0.4) is 0 Å². The minimum Gasteiger partial charge on any atom is -0.386 e. The van der Waals surface area contributed by atoms with Crippen LogP contribution in [0.5, 0.6) is 0 Å². The zero-order chi connectivity index (χ0) is 21.8. The highest BCUT2D eigenvalue weighted by atomic mass is 32.3. The lowest BCUT2D eigenvalue weighted by Gasteiger charge is -2.32. The van der Waals surface area contributed by atoms with E-state index >= 15 is 0 Å². The molecule has 0 radical (unpaired) electrons. The summed E-state index contributed by atoms with van der Waals surface area (Å²) in [5.74, 6) is -1.47. The second-order valence-electron chi connectivity index (χ2n) is 5.65. The van der Waals surface area contributed by atoms with E-state index in [-0.39, 0.29) is 35.6 Å². The summed E-state index contributed by atoms with van der Waals surface area (Å²) in [4.78, 5) is 32.1. The second kappa shape index (κ2) is 8.99. The van der Waals surface area contributed by atoms with Gasteiger partial charge in [-0.05, 0) is 10.6 Å². The molecule has 0 aliphatic carbocycles. The number of nitrogens with zero attached hydrogens (tertiary/aromatic N) is 3. The van der Waals surface area contributed by atoms with Crippen molar-refractivity contribution in [2.75, 3.05) is 11.5 Å². The first-order chi connectivity index (χ1) is 13.4. The first-order valence-corrected chi connectivity index (χ1v) is 12.0. The van der Waals surface area contributed by atoms with Gasteiger partial charge in [-0.25, -0.2) is 19.7 Å². The van der Waals surface area contributed by atoms with E-state index in [1.165, 1.54) is 17.2 Å². The lowest BCUT2D eigenvalue weighted by Crippen LogP contribution is -2.32. The summed E-state index contributed by atoms with van der Waals surface area (Å²) in [7, 11) is -7.14. The minimum absolute atomic E-state index is 0.146. The van der Waals surface area contributed by atoms with Gasteiger partial charge in [-0.3, -0.25) is 0 Å². The molecule has 2 aliphatic rings. The molecule has 0 aromatic carbocycles. The molecule has 29 heavy (non-hydrogen) atoms. The van der Waals surface area contributed by atoms with Gasteiger partial charge < -0.3 is 31.3 Å². The highest BCUT2D eigenvalue weighted by molar-refractivity contribution is 8.41. The highest BCUT2D eigenvalue weighted by Crippen LogP contribution is 2.59. The Morgan fingerprint density at radius 3 is 2.62 bits per heavy atom. The van der Waals surface area contributed by atoms with E-state index < -0.39 is 38.8 Å². The van der Waals surface area contributed by atoms with Crippen LogP contribution in [0, 0.1) is 0 Å². The van der Waals surface area contributed by atoms with Crippen LogP contribution in [0.25, 0.3) is 0 Å². The molecule has 2 rings (SSSR count). The van der Waals surface area contributed by atoms with Crippen LogP contribution in [0.4, 0.5) is 0 Å². The summed E-state index contributed by atoms with van der Waals surface area (Å²) in [5.41, 5.74) is 22.2. The predicted molar refractivity (Wildman–Crippen MR) is 110 cm³/mol. The number of amidine groups is 2. The lowest BCUT2D eigenvalue weighted by molar-refractivity contribution is -0.137. The molecular formula is C12H20N8O6S3. The molecule has 0 amide bonds. The van der Waals surface area contributed by atoms with Gasteiger partial charge in [-0.1, -0.05) is 0 Å². The first-order valence-electron chi connectivity index (χ1n) is 7.78. The molecule has 10 N–H and O–H groups in total. The molecule has 2 atom stereocenters. The monoisotopic (exact) mass is 468 g/mol. The zero-order valence-corrected chi connectivity index (χ0v) is 17.3. The number of carbonyl (C=O) groups excluding carboxylic acids is 2. The van der Waals surface area contributed by atoms with E-state index in [1.54, 1.807) is 0 Å². The molecule has 17 heteroatoms. The Hall–Kier alpha value is -2.34. The van der Waals surface area contributed by atoms with Crippen molar-refractivity contribution in [3.63, 3.8) is 0 Å². The predicted octanol–water partition coefficient (Wildman–Crippen LogP) is -2.39. The standard InChI is InChI=1S/C12H20N8O6S3/c13-7-3-9(21)25-28(26-10(7)22)5-6(18-12(28)19-11(15)16)4-27-2-1-8(14)20-29(17,23)24/h5,7H,1-4,13H2,(H2,14,20)(H2,17,23,24)(H4,15,16,18,19).